The van der Waals surface area contributed by atoms with Crippen LogP contribution in [0.5, 0.6) is 11.5 Å². The van der Waals surface area contributed by atoms with Crippen molar-refractivity contribution in [2.45, 2.75) is 4.90 Å². The van der Waals surface area contributed by atoms with Crippen LogP contribution >= 0.6 is 11.6 Å². The first kappa shape index (κ1) is 18.6. The SMILES string of the molecule is COc1cc(N/C=C(/C#N)S(=O)(=O)c2ccc(Cl)cc2)cc(OC)c1. The predicted molar refractivity (Wildman–Crippen MR) is 95.5 cm³/mol. The number of nitriles is 1. The minimum atomic E-state index is -3.95. The van der Waals surface area contributed by atoms with E-state index in [2.05, 4.69) is 5.32 Å². The number of halogens is 1. The van der Waals surface area contributed by atoms with Gasteiger partial charge in [-0.3, -0.25) is 0 Å². The number of anilines is 1. The lowest BCUT2D eigenvalue weighted by Gasteiger charge is -2.09. The fourth-order valence-electron chi connectivity index (χ4n) is 1.95. The van der Waals surface area contributed by atoms with Gasteiger partial charge >= 0.3 is 0 Å². The Bertz CT molecular complexity index is 910. The highest BCUT2D eigenvalue weighted by atomic mass is 35.5. The molecule has 0 amide bonds. The number of methoxy groups -OCH3 is 2. The van der Waals surface area contributed by atoms with Gasteiger partial charge in [0.05, 0.1) is 19.1 Å². The molecule has 130 valence electrons. The topological polar surface area (TPSA) is 88.4 Å². The minimum absolute atomic E-state index is 0.0188. The Morgan fingerprint density at radius 1 is 1.12 bits per heavy atom. The molecule has 2 aromatic carbocycles. The molecule has 1 N–H and O–H groups in total. The summed E-state index contributed by atoms with van der Waals surface area (Å²) in [4.78, 5) is -0.452. The Kier molecular flexibility index (Phi) is 5.91. The van der Waals surface area contributed by atoms with Crippen LogP contribution in [0.1, 0.15) is 0 Å². The fourth-order valence-corrected chi connectivity index (χ4v) is 3.16. The molecule has 0 atom stereocenters. The van der Waals surface area contributed by atoms with Crippen molar-refractivity contribution in [1.82, 2.24) is 0 Å². The van der Waals surface area contributed by atoms with Gasteiger partial charge in [0.15, 0.2) is 4.91 Å². The van der Waals surface area contributed by atoms with E-state index >= 15 is 0 Å². The number of allylic oxidation sites excluding steroid dienone is 1. The zero-order valence-electron chi connectivity index (χ0n) is 13.5. The molecule has 0 aromatic heterocycles. The van der Waals surface area contributed by atoms with Crippen molar-refractivity contribution >= 4 is 27.1 Å². The highest BCUT2D eigenvalue weighted by Crippen LogP contribution is 2.26. The molecule has 2 aromatic rings. The number of nitrogens with zero attached hydrogens (tertiary/aromatic N) is 1. The van der Waals surface area contributed by atoms with Crippen molar-refractivity contribution in [3.05, 3.63) is 58.6 Å². The monoisotopic (exact) mass is 378 g/mol. The third kappa shape index (κ3) is 4.44. The van der Waals surface area contributed by atoms with Gasteiger partial charge in [0.25, 0.3) is 0 Å². The summed E-state index contributed by atoms with van der Waals surface area (Å²) < 4.78 is 35.3. The molecule has 0 fully saturated rings. The lowest BCUT2D eigenvalue weighted by molar-refractivity contribution is 0.395. The van der Waals surface area contributed by atoms with Crippen LogP contribution in [0.3, 0.4) is 0 Å². The molecule has 8 heteroatoms. The van der Waals surface area contributed by atoms with Gasteiger partial charge in [-0.15, -0.1) is 0 Å². The zero-order chi connectivity index (χ0) is 18.4. The molecule has 0 aliphatic rings. The average Bonchev–Trinajstić information content (AvgIpc) is 2.62. The summed E-state index contributed by atoms with van der Waals surface area (Å²) >= 11 is 5.76. The first-order valence-corrected chi connectivity index (χ1v) is 8.87. The molecule has 2 rings (SSSR count). The van der Waals surface area contributed by atoms with Crippen molar-refractivity contribution in [2.75, 3.05) is 19.5 Å². The van der Waals surface area contributed by atoms with Crippen molar-refractivity contribution in [3.63, 3.8) is 0 Å². The number of sulfone groups is 1. The maximum atomic E-state index is 12.5. The van der Waals surface area contributed by atoms with Crippen LogP contribution in [0.15, 0.2) is 58.5 Å². The summed E-state index contributed by atoms with van der Waals surface area (Å²) in [6, 6.07) is 12.2. The molecule has 0 radical (unpaired) electrons. The normalized spacial score (nSPS) is 11.5. The summed E-state index contributed by atoms with van der Waals surface area (Å²) in [5, 5.41) is 12.4. The van der Waals surface area contributed by atoms with Crippen molar-refractivity contribution in [2.24, 2.45) is 0 Å². The van der Waals surface area contributed by atoms with Gasteiger partial charge in [0.2, 0.25) is 9.84 Å². The van der Waals surface area contributed by atoms with Gasteiger partial charge in [-0.1, -0.05) is 11.6 Å². The Morgan fingerprint density at radius 2 is 1.68 bits per heavy atom. The minimum Gasteiger partial charge on any atom is -0.497 e. The molecule has 0 aliphatic carbocycles. The summed E-state index contributed by atoms with van der Waals surface area (Å²) in [5.74, 6) is 1.05. The molecule has 0 spiro atoms. The standard InChI is InChI=1S/C17H15ClN2O4S/c1-23-14-7-13(8-15(9-14)24-2)20-11-17(10-19)25(21,22)16-5-3-12(18)4-6-16/h3-9,11,20H,1-2H3/b17-11-. The molecular weight excluding hydrogens is 364 g/mol. The van der Waals surface area contributed by atoms with Crippen LogP contribution in [0.4, 0.5) is 5.69 Å². The smallest absolute Gasteiger partial charge is 0.218 e. The Hall–Kier alpha value is -2.69. The van der Waals surface area contributed by atoms with E-state index in [0.717, 1.165) is 6.20 Å². The van der Waals surface area contributed by atoms with E-state index in [1.807, 2.05) is 0 Å². The molecule has 0 saturated carbocycles. The number of hydrogen-bond acceptors (Lipinski definition) is 6. The Morgan fingerprint density at radius 3 is 2.16 bits per heavy atom. The van der Waals surface area contributed by atoms with E-state index < -0.39 is 14.7 Å². The largest absolute Gasteiger partial charge is 0.497 e. The fraction of sp³-hybridized carbons (Fsp3) is 0.118. The molecular formula is C17H15ClN2O4S. The number of rotatable bonds is 6. The molecule has 25 heavy (non-hydrogen) atoms. The predicted octanol–water partition coefficient (Wildman–Crippen LogP) is 3.61. The lowest BCUT2D eigenvalue weighted by Crippen LogP contribution is -2.05. The van der Waals surface area contributed by atoms with Crippen molar-refractivity contribution in [1.29, 1.82) is 5.26 Å². The second kappa shape index (κ2) is 7.92. The maximum absolute atomic E-state index is 12.5. The Balaban J connectivity index is 2.35. The van der Waals surface area contributed by atoms with E-state index in [0.29, 0.717) is 22.2 Å². The average molecular weight is 379 g/mol. The molecule has 0 aliphatic heterocycles. The van der Waals surface area contributed by atoms with Crippen LogP contribution in [0.2, 0.25) is 5.02 Å². The summed E-state index contributed by atoms with van der Waals surface area (Å²) in [6.45, 7) is 0. The highest BCUT2D eigenvalue weighted by Gasteiger charge is 2.20. The molecule has 0 saturated heterocycles. The van der Waals surface area contributed by atoms with E-state index in [4.69, 9.17) is 21.1 Å². The third-order valence-corrected chi connectivity index (χ3v) is 5.18. The van der Waals surface area contributed by atoms with Crippen LogP contribution in [0, 0.1) is 11.3 Å². The first-order chi connectivity index (χ1) is 11.9. The molecule has 0 heterocycles. The van der Waals surface area contributed by atoms with Crippen LogP contribution in [-0.2, 0) is 9.84 Å². The zero-order valence-corrected chi connectivity index (χ0v) is 15.1. The van der Waals surface area contributed by atoms with Crippen molar-refractivity contribution in [3.8, 4) is 17.6 Å². The van der Waals surface area contributed by atoms with E-state index in [1.54, 1.807) is 24.3 Å². The number of hydrogen-bond donors (Lipinski definition) is 1. The van der Waals surface area contributed by atoms with Gasteiger partial charge in [-0.05, 0) is 24.3 Å². The lowest BCUT2D eigenvalue weighted by atomic mass is 10.3. The van der Waals surface area contributed by atoms with Gasteiger partial charge in [-0.2, -0.15) is 5.26 Å². The van der Waals surface area contributed by atoms with E-state index in [9.17, 15) is 13.7 Å². The second-order valence-corrected chi connectivity index (χ2v) is 7.18. The quantitative estimate of drug-likeness (QED) is 0.772. The van der Waals surface area contributed by atoms with Gasteiger partial charge < -0.3 is 14.8 Å². The second-order valence-electron chi connectivity index (χ2n) is 4.82. The highest BCUT2D eigenvalue weighted by molar-refractivity contribution is 7.95. The van der Waals surface area contributed by atoms with Crippen molar-refractivity contribution < 1.29 is 17.9 Å². The number of nitrogens with one attached hydrogen (secondary N) is 1. The van der Waals surface area contributed by atoms with Crippen LogP contribution in [0.25, 0.3) is 0 Å². The van der Waals surface area contributed by atoms with Crippen LogP contribution < -0.4 is 14.8 Å². The van der Waals surface area contributed by atoms with Gasteiger partial charge in [0.1, 0.15) is 17.6 Å². The third-order valence-electron chi connectivity index (χ3n) is 3.25. The molecule has 0 unspecified atom stereocenters. The Labute approximate surface area is 151 Å². The number of ether oxygens (including phenoxy) is 2. The molecule has 0 bridgehead atoms. The first-order valence-electron chi connectivity index (χ1n) is 7.01. The van der Waals surface area contributed by atoms with E-state index in [1.165, 1.54) is 38.5 Å². The van der Waals surface area contributed by atoms with E-state index in [-0.39, 0.29) is 4.90 Å². The van der Waals surface area contributed by atoms with Gasteiger partial charge in [0, 0.05) is 35.1 Å². The maximum Gasteiger partial charge on any atom is 0.218 e. The number of benzene rings is 2. The van der Waals surface area contributed by atoms with Gasteiger partial charge in [-0.25, -0.2) is 8.42 Å². The summed E-state index contributed by atoms with van der Waals surface area (Å²) in [5.41, 5.74) is 0.509. The summed E-state index contributed by atoms with van der Waals surface area (Å²) in [6.07, 6.45) is 1.12. The van der Waals surface area contributed by atoms with Crippen LogP contribution in [-0.4, -0.2) is 22.6 Å². The molecule has 6 nitrogen and oxygen atoms in total. The summed E-state index contributed by atoms with van der Waals surface area (Å²) in [7, 11) is -0.953.